The summed E-state index contributed by atoms with van der Waals surface area (Å²) in [5, 5.41) is 3.24. The molecule has 216 valence electrons. The second-order valence-electron chi connectivity index (χ2n) is 11.2. The summed E-state index contributed by atoms with van der Waals surface area (Å²) >= 11 is 2.59. The summed E-state index contributed by atoms with van der Waals surface area (Å²) in [6, 6.07) is 6.14. The van der Waals surface area contributed by atoms with E-state index in [0.717, 1.165) is 73.0 Å². The second kappa shape index (κ2) is 10.5. The van der Waals surface area contributed by atoms with E-state index in [-0.39, 0.29) is 30.3 Å². The van der Waals surface area contributed by atoms with Crippen molar-refractivity contribution >= 4 is 40.6 Å². The van der Waals surface area contributed by atoms with Crippen LogP contribution in [0.4, 0.5) is 29.2 Å². The standard InChI is InChI=1S/C29H29F4N5OS2/c30-6-8-37-7-5-17-12-22(20(16-1-2-16)11-18(17)15-37)35-28-34-14-21(29(31,32)33)25(36-28)23-13-24-26(41-23)27(39)38(9-10-40-24)19-3-4-19/h11-14,16,19H,1-10,15H2,(H,34,35,36). The first-order chi connectivity index (χ1) is 19.8. The number of amides is 1. The zero-order valence-electron chi connectivity index (χ0n) is 22.3. The highest BCUT2D eigenvalue weighted by Gasteiger charge is 2.39. The summed E-state index contributed by atoms with van der Waals surface area (Å²) in [6.45, 7) is 2.14. The van der Waals surface area contributed by atoms with Gasteiger partial charge in [0.25, 0.3) is 5.91 Å². The number of halogens is 4. The number of aromatic nitrogens is 2. The van der Waals surface area contributed by atoms with Crippen molar-refractivity contribution in [3.63, 3.8) is 0 Å². The first-order valence-corrected chi connectivity index (χ1v) is 15.8. The van der Waals surface area contributed by atoms with Crippen molar-refractivity contribution in [2.24, 2.45) is 0 Å². The molecule has 6 nitrogen and oxygen atoms in total. The highest BCUT2D eigenvalue weighted by molar-refractivity contribution is 7.99. The van der Waals surface area contributed by atoms with Gasteiger partial charge in [0.15, 0.2) is 0 Å². The number of fused-ring (bicyclic) bond motifs is 2. The number of benzene rings is 1. The fraction of sp³-hybridized carbons (Fsp3) is 0.483. The molecule has 4 heterocycles. The Hall–Kier alpha value is -2.70. The molecule has 0 bridgehead atoms. The van der Waals surface area contributed by atoms with E-state index in [1.165, 1.54) is 17.3 Å². The average Bonchev–Trinajstić information content (AvgIpc) is 3.87. The van der Waals surface area contributed by atoms with Gasteiger partial charge in [0.05, 0.1) is 10.6 Å². The number of nitrogens with zero attached hydrogens (tertiary/aromatic N) is 4. The zero-order valence-corrected chi connectivity index (χ0v) is 23.9. The maximum atomic E-state index is 14.1. The van der Waals surface area contributed by atoms with Crippen LogP contribution in [0.2, 0.25) is 0 Å². The van der Waals surface area contributed by atoms with Gasteiger partial charge in [-0.1, -0.05) is 6.07 Å². The van der Waals surface area contributed by atoms with E-state index in [9.17, 15) is 22.4 Å². The fourth-order valence-electron chi connectivity index (χ4n) is 5.76. The lowest BCUT2D eigenvalue weighted by Crippen LogP contribution is -2.33. The lowest BCUT2D eigenvalue weighted by molar-refractivity contribution is -0.137. The topological polar surface area (TPSA) is 61.4 Å². The third-order valence-corrected chi connectivity index (χ3v) is 10.5. The maximum Gasteiger partial charge on any atom is 0.420 e. The Morgan fingerprint density at radius 2 is 1.90 bits per heavy atom. The second-order valence-corrected chi connectivity index (χ2v) is 13.3. The molecule has 2 aromatic heterocycles. The van der Waals surface area contributed by atoms with Crippen LogP contribution in [-0.4, -0.2) is 63.8 Å². The lowest BCUT2D eigenvalue weighted by atomic mass is 9.94. The monoisotopic (exact) mass is 603 g/mol. The average molecular weight is 604 g/mol. The van der Waals surface area contributed by atoms with Gasteiger partial charge in [-0.3, -0.25) is 9.69 Å². The minimum Gasteiger partial charge on any atom is -0.334 e. The quantitative estimate of drug-likeness (QED) is 0.297. The first-order valence-electron chi connectivity index (χ1n) is 14.0. The number of nitrogens with one attached hydrogen (secondary N) is 1. The Morgan fingerprint density at radius 1 is 1.07 bits per heavy atom. The smallest absolute Gasteiger partial charge is 0.334 e. The molecule has 0 unspecified atom stereocenters. The van der Waals surface area contributed by atoms with Crippen molar-refractivity contribution in [2.75, 3.05) is 37.4 Å². The molecule has 3 aromatic rings. The van der Waals surface area contributed by atoms with Gasteiger partial charge >= 0.3 is 6.18 Å². The molecule has 12 heteroatoms. The first kappa shape index (κ1) is 27.2. The molecule has 41 heavy (non-hydrogen) atoms. The number of hydrogen-bond donors (Lipinski definition) is 1. The Labute approximate surface area is 243 Å². The van der Waals surface area contributed by atoms with Crippen LogP contribution in [-0.2, 0) is 19.1 Å². The summed E-state index contributed by atoms with van der Waals surface area (Å²) in [7, 11) is 0. The van der Waals surface area contributed by atoms with Crippen molar-refractivity contribution in [1.29, 1.82) is 0 Å². The molecule has 0 atom stereocenters. The van der Waals surface area contributed by atoms with Crippen LogP contribution in [0.3, 0.4) is 0 Å². The van der Waals surface area contributed by atoms with Crippen molar-refractivity contribution in [3.05, 3.63) is 51.5 Å². The minimum absolute atomic E-state index is 0.0897. The number of thioether (sulfide) groups is 1. The van der Waals surface area contributed by atoms with Crippen molar-refractivity contribution in [1.82, 2.24) is 19.8 Å². The third kappa shape index (κ3) is 5.46. The Kier molecular flexibility index (Phi) is 6.98. The summed E-state index contributed by atoms with van der Waals surface area (Å²) < 4.78 is 55.4. The van der Waals surface area contributed by atoms with Crippen molar-refractivity contribution < 1.29 is 22.4 Å². The summed E-state index contributed by atoms with van der Waals surface area (Å²) in [5.41, 5.74) is 3.10. The molecule has 2 aliphatic carbocycles. The molecule has 1 amide bonds. The number of hydrogen-bond acceptors (Lipinski definition) is 7. The van der Waals surface area contributed by atoms with Gasteiger partial charge < -0.3 is 10.2 Å². The number of carbonyl (C=O) groups excluding carboxylic acids is 1. The minimum atomic E-state index is -4.65. The molecular weight excluding hydrogens is 574 g/mol. The molecule has 2 saturated carbocycles. The van der Waals surface area contributed by atoms with Crippen molar-refractivity contribution in [2.45, 2.75) is 61.7 Å². The van der Waals surface area contributed by atoms with E-state index in [1.807, 2.05) is 4.90 Å². The number of alkyl halides is 4. The zero-order chi connectivity index (χ0) is 28.3. The SMILES string of the molecule is O=C1c2sc(-c3nc(Nc4cc5c(cc4C4CC4)CN(CCF)CC5)ncc3C(F)(F)F)cc2SCCN1C1CC1. The maximum absolute atomic E-state index is 14.1. The van der Waals surface area contributed by atoms with Gasteiger partial charge in [-0.05, 0) is 66.8 Å². The highest BCUT2D eigenvalue weighted by atomic mass is 32.2. The van der Waals surface area contributed by atoms with E-state index in [1.54, 1.807) is 6.07 Å². The van der Waals surface area contributed by atoms with E-state index in [2.05, 4.69) is 32.3 Å². The highest BCUT2D eigenvalue weighted by Crippen LogP contribution is 2.47. The predicted molar refractivity (Wildman–Crippen MR) is 152 cm³/mol. The van der Waals surface area contributed by atoms with Gasteiger partial charge in [-0.25, -0.2) is 14.4 Å². The lowest BCUT2D eigenvalue weighted by Gasteiger charge is -2.29. The molecule has 1 N–H and O–H groups in total. The van der Waals surface area contributed by atoms with E-state index >= 15 is 0 Å². The van der Waals surface area contributed by atoms with Crippen LogP contribution in [0, 0.1) is 0 Å². The van der Waals surface area contributed by atoms with Crippen LogP contribution in [0.1, 0.15) is 63.5 Å². The summed E-state index contributed by atoms with van der Waals surface area (Å²) in [5.74, 6) is 1.07. The van der Waals surface area contributed by atoms with E-state index in [0.29, 0.717) is 46.0 Å². The molecule has 1 aromatic carbocycles. The van der Waals surface area contributed by atoms with E-state index < -0.39 is 11.7 Å². The largest absolute Gasteiger partial charge is 0.420 e. The van der Waals surface area contributed by atoms with Crippen LogP contribution in [0.5, 0.6) is 0 Å². The number of thiophene rings is 1. The molecule has 0 saturated heterocycles. The van der Waals surface area contributed by atoms with Crippen LogP contribution >= 0.6 is 23.1 Å². The Bertz CT molecular complexity index is 1500. The number of carbonyl (C=O) groups is 1. The molecule has 2 fully saturated rings. The molecule has 7 rings (SSSR count). The molecule has 0 spiro atoms. The van der Waals surface area contributed by atoms with Gasteiger partial charge in [0.2, 0.25) is 5.95 Å². The number of anilines is 2. The van der Waals surface area contributed by atoms with Gasteiger partial charge in [-0.2, -0.15) is 13.2 Å². The molecule has 2 aliphatic heterocycles. The van der Waals surface area contributed by atoms with Gasteiger partial charge in [0, 0.05) is 54.8 Å². The summed E-state index contributed by atoms with van der Waals surface area (Å²) in [4.78, 5) is 27.3. The van der Waals surface area contributed by atoms with Gasteiger partial charge in [-0.15, -0.1) is 23.1 Å². The molecular formula is C29H29F4N5OS2. The van der Waals surface area contributed by atoms with Crippen molar-refractivity contribution in [3.8, 4) is 10.6 Å². The summed E-state index contributed by atoms with van der Waals surface area (Å²) in [6.07, 6.45) is 1.01. The van der Waals surface area contributed by atoms with Crippen LogP contribution in [0.15, 0.2) is 29.3 Å². The Morgan fingerprint density at radius 3 is 2.63 bits per heavy atom. The third-order valence-electron chi connectivity index (χ3n) is 8.19. The fourth-order valence-corrected chi connectivity index (χ4v) is 8.08. The number of rotatable bonds is 7. The molecule has 0 radical (unpaired) electrons. The Balaban J connectivity index is 1.24. The van der Waals surface area contributed by atoms with Crippen LogP contribution < -0.4 is 5.32 Å². The molecule has 4 aliphatic rings. The normalized spacial score (nSPS) is 19.6. The van der Waals surface area contributed by atoms with E-state index in [4.69, 9.17) is 0 Å². The predicted octanol–water partition coefficient (Wildman–Crippen LogP) is 6.88. The van der Waals surface area contributed by atoms with Gasteiger partial charge in [0.1, 0.15) is 17.1 Å². The van der Waals surface area contributed by atoms with Crippen LogP contribution in [0.25, 0.3) is 10.6 Å².